The highest BCUT2D eigenvalue weighted by molar-refractivity contribution is 5.91. The molecule has 7 heteroatoms. The van der Waals surface area contributed by atoms with E-state index in [1.165, 1.54) is 4.90 Å². The summed E-state index contributed by atoms with van der Waals surface area (Å²) < 4.78 is 5.64. The fourth-order valence-corrected chi connectivity index (χ4v) is 5.19. The highest BCUT2D eigenvalue weighted by Crippen LogP contribution is 2.43. The van der Waals surface area contributed by atoms with Crippen LogP contribution in [0.15, 0.2) is 30.3 Å². The smallest absolute Gasteiger partial charge is 0.407 e. The van der Waals surface area contributed by atoms with Gasteiger partial charge in [0.2, 0.25) is 5.91 Å². The quantitative estimate of drug-likeness (QED) is 0.768. The number of carboxylic acid groups (broad SMARTS) is 1. The summed E-state index contributed by atoms with van der Waals surface area (Å²) in [6, 6.07) is 8.97. The lowest BCUT2D eigenvalue weighted by atomic mass is 9.85. The van der Waals surface area contributed by atoms with Gasteiger partial charge in [0, 0.05) is 19.6 Å². The van der Waals surface area contributed by atoms with Crippen LogP contribution in [0.3, 0.4) is 0 Å². The second kappa shape index (κ2) is 8.05. The molecule has 29 heavy (non-hydrogen) atoms. The van der Waals surface area contributed by atoms with Crippen LogP contribution in [-0.4, -0.2) is 58.6 Å². The van der Waals surface area contributed by atoms with Gasteiger partial charge in [0.25, 0.3) is 0 Å². The standard InChI is InChI=1S/C22H28N2O5/c25-19(29-14-16-6-2-1-3-7-16)18(17-8-4-5-9-17)24-13-11-22(20(24)26)10-12-23(15-22)21(27)28/h1-3,6-7,17-18H,4-5,8-15H2,(H,27,28)/t18-,22+/m0/s1. The maximum Gasteiger partial charge on any atom is 0.407 e. The molecule has 3 fully saturated rings. The number of ether oxygens (including phenoxy) is 1. The normalized spacial score (nSPS) is 25.7. The molecular weight excluding hydrogens is 372 g/mol. The van der Waals surface area contributed by atoms with Crippen molar-refractivity contribution in [3.8, 4) is 0 Å². The van der Waals surface area contributed by atoms with Crippen molar-refractivity contribution in [2.45, 2.75) is 51.2 Å². The average Bonchev–Trinajstić information content (AvgIpc) is 3.46. The van der Waals surface area contributed by atoms with Crippen molar-refractivity contribution in [2.75, 3.05) is 19.6 Å². The molecule has 4 rings (SSSR count). The Hall–Kier alpha value is -2.57. The van der Waals surface area contributed by atoms with Crippen molar-refractivity contribution in [2.24, 2.45) is 11.3 Å². The van der Waals surface area contributed by atoms with E-state index in [2.05, 4.69) is 0 Å². The van der Waals surface area contributed by atoms with Crippen molar-refractivity contribution in [3.05, 3.63) is 35.9 Å². The van der Waals surface area contributed by atoms with Crippen molar-refractivity contribution >= 4 is 18.0 Å². The third-order valence-corrected chi connectivity index (χ3v) is 6.82. The molecule has 2 heterocycles. The first-order chi connectivity index (χ1) is 14.0. The molecule has 2 aliphatic heterocycles. The van der Waals surface area contributed by atoms with Crippen molar-refractivity contribution in [1.29, 1.82) is 0 Å². The Kier molecular flexibility index (Phi) is 5.48. The van der Waals surface area contributed by atoms with Crippen molar-refractivity contribution < 1.29 is 24.2 Å². The minimum absolute atomic E-state index is 0.0742. The third-order valence-electron chi connectivity index (χ3n) is 6.82. The van der Waals surface area contributed by atoms with Gasteiger partial charge in [-0.05, 0) is 37.2 Å². The number of esters is 1. The van der Waals surface area contributed by atoms with Crippen LogP contribution in [0.4, 0.5) is 4.79 Å². The van der Waals surface area contributed by atoms with Crippen molar-refractivity contribution in [1.82, 2.24) is 9.80 Å². The largest absolute Gasteiger partial charge is 0.465 e. The van der Waals surface area contributed by atoms with E-state index in [9.17, 15) is 19.5 Å². The number of hydrogen-bond donors (Lipinski definition) is 1. The Balaban J connectivity index is 1.49. The molecular formula is C22H28N2O5. The van der Waals surface area contributed by atoms with Crippen LogP contribution >= 0.6 is 0 Å². The molecule has 7 nitrogen and oxygen atoms in total. The lowest BCUT2D eigenvalue weighted by Crippen LogP contribution is -2.49. The molecule has 1 aromatic carbocycles. The monoisotopic (exact) mass is 400 g/mol. The first-order valence-corrected chi connectivity index (χ1v) is 10.5. The lowest BCUT2D eigenvalue weighted by Gasteiger charge is -2.32. The van der Waals surface area contributed by atoms with Gasteiger partial charge in [-0.2, -0.15) is 0 Å². The number of carbonyl (C=O) groups excluding carboxylic acids is 2. The van der Waals surface area contributed by atoms with Crippen LogP contribution in [-0.2, 0) is 20.9 Å². The van der Waals surface area contributed by atoms with E-state index < -0.39 is 17.6 Å². The number of benzene rings is 1. The molecule has 0 aromatic heterocycles. The second-order valence-electron chi connectivity index (χ2n) is 8.57. The number of likely N-dealkylation sites (tertiary alicyclic amines) is 2. The topological polar surface area (TPSA) is 87.2 Å². The molecule has 2 saturated heterocycles. The van der Waals surface area contributed by atoms with E-state index in [-0.39, 0.29) is 30.9 Å². The van der Waals surface area contributed by atoms with Crippen LogP contribution in [0.25, 0.3) is 0 Å². The van der Waals surface area contributed by atoms with Crippen LogP contribution in [0.5, 0.6) is 0 Å². The summed E-state index contributed by atoms with van der Waals surface area (Å²) >= 11 is 0. The Morgan fingerprint density at radius 3 is 2.48 bits per heavy atom. The minimum atomic E-state index is -0.984. The summed E-state index contributed by atoms with van der Waals surface area (Å²) in [6.45, 7) is 1.30. The first kappa shape index (κ1) is 19.7. The number of hydrogen-bond acceptors (Lipinski definition) is 4. The first-order valence-electron chi connectivity index (χ1n) is 10.5. The van der Waals surface area contributed by atoms with Gasteiger partial charge in [0.05, 0.1) is 5.41 Å². The Morgan fingerprint density at radius 2 is 1.83 bits per heavy atom. The van der Waals surface area contributed by atoms with Crippen LogP contribution in [0, 0.1) is 11.3 Å². The average molecular weight is 400 g/mol. The molecule has 3 aliphatic rings. The molecule has 2 atom stereocenters. The van der Waals surface area contributed by atoms with E-state index in [1.807, 2.05) is 30.3 Å². The van der Waals surface area contributed by atoms with Crippen LogP contribution in [0.2, 0.25) is 0 Å². The van der Waals surface area contributed by atoms with Gasteiger partial charge in [-0.3, -0.25) is 4.79 Å². The number of amides is 2. The summed E-state index contributed by atoms with van der Waals surface area (Å²) in [5, 5.41) is 9.28. The molecule has 0 bridgehead atoms. The number of rotatable bonds is 5. The number of nitrogens with zero attached hydrogens (tertiary/aromatic N) is 2. The SMILES string of the molecule is O=C(OCc1ccccc1)[C@H](C1CCCC1)N1CC[C@@]2(CCN(C(=O)O)C2)C1=O. The molecule has 0 unspecified atom stereocenters. The lowest BCUT2D eigenvalue weighted by molar-refractivity contribution is -0.159. The summed E-state index contributed by atoms with van der Waals surface area (Å²) in [5.74, 6) is -0.289. The van der Waals surface area contributed by atoms with Gasteiger partial charge in [-0.25, -0.2) is 9.59 Å². The van der Waals surface area contributed by atoms with E-state index in [1.54, 1.807) is 4.90 Å². The van der Waals surface area contributed by atoms with Gasteiger partial charge in [0.15, 0.2) is 0 Å². The van der Waals surface area contributed by atoms with Gasteiger partial charge in [-0.15, -0.1) is 0 Å². The summed E-state index contributed by atoms with van der Waals surface area (Å²) in [5.41, 5.74) is 0.248. The van der Waals surface area contributed by atoms with E-state index >= 15 is 0 Å². The zero-order valence-electron chi connectivity index (χ0n) is 16.6. The molecule has 1 saturated carbocycles. The molecule has 1 aliphatic carbocycles. The summed E-state index contributed by atoms with van der Waals surface area (Å²) in [4.78, 5) is 40.8. The van der Waals surface area contributed by atoms with Gasteiger partial charge in [-0.1, -0.05) is 43.2 Å². The maximum absolute atomic E-state index is 13.4. The van der Waals surface area contributed by atoms with E-state index in [4.69, 9.17) is 4.74 Å². The molecule has 156 valence electrons. The molecule has 1 aromatic rings. The fraction of sp³-hybridized carbons (Fsp3) is 0.591. The Bertz CT molecular complexity index is 777. The zero-order valence-corrected chi connectivity index (χ0v) is 16.6. The van der Waals surface area contributed by atoms with Crippen LogP contribution in [0.1, 0.15) is 44.1 Å². The molecule has 0 radical (unpaired) electrons. The Labute approximate surface area is 170 Å². The van der Waals surface area contributed by atoms with Crippen molar-refractivity contribution in [3.63, 3.8) is 0 Å². The summed E-state index contributed by atoms with van der Waals surface area (Å²) in [7, 11) is 0. The molecule has 2 amide bonds. The van der Waals surface area contributed by atoms with Crippen LogP contribution < -0.4 is 0 Å². The predicted molar refractivity (Wildman–Crippen MR) is 105 cm³/mol. The van der Waals surface area contributed by atoms with Gasteiger partial charge >= 0.3 is 12.1 Å². The number of carbonyl (C=O) groups is 3. The zero-order chi connectivity index (χ0) is 20.4. The summed E-state index contributed by atoms with van der Waals surface area (Å²) in [6.07, 6.45) is 4.12. The highest BCUT2D eigenvalue weighted by Gasteiger charge is 2.55. The van der Waals surface area contributed by atoms with E-state index in [0.29, 0.717) is 25.9 Å². The van der Waals surface area contributed by atoms with Gasteiger partial charge in [0.1, 0.15) is 12.6 Å². The Morgan fingerprint density at radius 1 is 1.14 bits per heavy atom. The maximum atomic E-state index is 13.4. The molecule has 1 N–H and O–H groups in total. The third kappa shape index (κ3) is 3.82. The van der Waals surface area contributed by atoms with Gasteiger partial charge < -0.3 is 19.6 Å². The molecule has 1 spiro atoms. The fourth-order valence-electron chi connectivity index (χ4n) is 5.19. The van der Waals surface area contributed by atoms with E-state index in [0.717, 1.165) is 31.2 Å². The highest BCUT2D eigenvalue weighted by atomic mass is 16.5. The predicted octanol–water partition coefficient (Wildman–Crippen LogP) is 2.89. The minimum Gasteiger partial charge on any atom is -0.465 e. The second-order valence-corrected chi connectivity index (χ2v) is 8.57.